The third-order valence-corrected chi connectivity index (χ3v) is 3.42. The third-order valence-electron chi connectivity index (χ3n) is 2.52. The standard InChI is InChI=1S/C15H17Cl3N2/c1-5-13(17)15(19-9(2)3)20-10(4)12-7-6-11(16)8-14(12)18/h5-8,10,20H,1H2,2-4H3/b15-13-. The Kier molecular flexibility index (Phi) is 6.60. The zero-order valence-electron chi connectivity index (χ0n) is 11.7. The first kappa shape index (κ1) is 17.1. The van der Waals surface area contributed by atoms with E-state index in [9.17, 15) is 0 Å². The van der Waals surface area contributed by atoms with Gasteiger partial charge in [-0.3, -0.25) is 0 Å². The number of rotatable bonds is 5. The Labute approximate surface area is 135 Å². The van der Waals surface area contributed by atoms with Crippen molar-refractivity contribution in [2.75, 3.05) is 0 Å². The molecule has 2 nitrogen and oxygen atoms in total. The fourth-order valence-electron chi connectivity index (χ4n) is 1.61. The van der Waals surface area contributed by atoms with Gasteiger partial charge in [0.05, 0.1) is 11.1 Å². The molecule has 5 heteroatoms. The van der Waals surface area contributed by atoms with Gasteiger partial charge in [-0.05, 0) is 44.5 Å². The summed E-state index contributed by atoms with van der Waals surface area (Å²) in [5.74, 6) is 0.570. The van der Waals surface area contributed by atoms with Crippen molar-refractivity contribution >= 4 is 40.5 Å². The van der Waals surface area contributed by atoms with E-state index in [1.165, 1.54) is 0 Å². The lowest BCUT2D eigenvalue weighted by Gasteiger charge is -2.18. The van der Waals surface area contributed by atoms with E-state index in [1.54, 1.807) is 18.2 Å². The Morgan fingerprint density at radius 2 is 2.00 bits per heavy atom. The summed E-state index contributed by atoms with van der Waals surface area (Å²) in [4.78, 5) is 4.37. The van der Waals surface area contributed by atoms with Gasteiger partial charge < -0.3 is 5.32 Å². The largest absolute Gasteiger partial charge is 0.362 e. The molecule has 20 heavy (non-hydrogen) atoms. The predicted octanol–water partition coefficient (Wildman–Crippen LogP) is 5.72. The zero-order chi connectivity index (χ0) is 15.3. The van der Waals surface area contributed by atoms with Crippen molar-refractivity contribution in [2.45, 2.75) is 26.8 Å². The van der Waals surface area contributed by atoms with Gasteiger partial charge >= 0.3 is 0 Å². The number of hydrogen-bond acceptors (Lipinski definition) is 2. The molecule has 0 aromatic heterocycles. The van der Waals surface area contributed by atoms with Crippen molar-refractivity contribution in [3.05, 3.63) is 57.3 Å². The van der Waals surface area contributed by atoms with E-state index in [0.717, 1.165) is 11.3 Å². The van der Waals surface area contributed by atoms with E-state index < -0.39 is 0 Å². The van der Waals surface area contributed by atoms with E-state index >= 15 is 0 Å². The molecule has 0 aliphatic rings. The summed E-state index contributed by atoms with van der Waals surface area (Å²) in [6.07, 6.45) is 1.55. The SMILES string of the molecule is C=C/C(Cl)=C(\N=C(C)C)NC(C)c1ccc(Cl)cc1Cl. The zero-order valence-corrected chi connectivity index (χ0v) is 13.9. The van der Waals surface area contributed by atoms with Crippen molar-refractivity contribution in [1.29, 1.82) is 0 Å². The minimum atomic E-state index is -0.0634. The van der Waals surface area contributed by atoms with Gasteiger partial charge in [0.15, 0.2) is 0 Å². The van der Waals surface area contributed by atoms with Crippen LogP contribution in [0, 0.1) is 0 Å². The number of allylic oxidation sites excluding steroid dienone is 2. The van der Waals surface area contributed by atoms with Crippen molar-refractivity contribution in [2.24, 2.45) is 4.99 Å². The predicted molar refractivity (Wildman–Crippen MR) is 89.9 cm³/mol. The van der Waals surface area contributed by atoms with E-state index in [4.69, 9.17) is 34.8 Å². The monoisotopic (exact) mass is 330 g/mol. The van der Waals surface area contributed by atoms with Crippen LogP contribution in [0.25, 0.3) is 0 Å². The number of nitrogens with one attached hydrogen (secondary N) is 1. The lowest BCUT2D eigenvalue weighted by Crippen LogP contribution is -2.18. The van der Waals surface area contributed by atoms with Gasteiger partial charge in [-0.1, -0.05) is 47.4 Å². The molecule has 0 saturated carbocycles. The lowest BCUT2D eigenvalue weighted by molar-refractivity contribution is 0.647. The summed E-state index contributed by atoms with van der Waals surface area (Å²) in [5.41, 5.74) is 1.81. The van der Waals surface area contributed by atoms with E-state index in [2.05, 4.69) is 16.9 Å². The molecule has 0 radical (unpaired) electrons. The first-order valence-corrected chi connectivity index (χ1v) is 7.24. The van der Waals surface area contributed by atoms with Gasteiger partial charge in [-0.25, -0.2) is 4.99 Å². The highest BCUT2D eigenvalue weighted by atomic mass is 35.5. The molecule has 0 fully saturated rings. The average Bonchev–Trinajstić information content (AvgIpc) is 2.36. The highest BCUT2D eigenvalue weighted by Gasteiger charge is 2.12. The fourth-order valence-corrected chi connectivity index (χ4v) is 2.28. The van der Waals surface area contributed by atoms with Crippen molar-refractivity contribution in [3.8, 4) is 0 Å². The van der Waals surface area contributed by atoms with E-state index in [-0.39, 0.29) is 6.04 Å². The van der Waals surface area contributed by atoms with Crippen LogP contribution < -0.4 is 5.32 Å². The van der Waals surface area contributed by atoms with Crippen molar-refractivity contribution < 1.29 is 0 Å². The Morgan fingerprint density at radius 3 is 2.50 bits per heavy atom. The van der Waals surface area contributed by atoms with Gasteiger partial charge in [0.1, 0.15) is 5.82 Å². The Balaban J connectivity index is 3.06. The molecule has 1 atom stereocenters. The molecule has 1 aromatic rings. The summed E-state index contributed by atoms with van der Waals surface area (Å²) >= 11 is 18.2. The van der Waals surface area contributed by atoms with Crippen LogP contribution in [-0.2, 0) is 0 Å². The molecule has 1 N–H and O–H groups in total. The first-order chi connectivity index (χ1) is 9.35. The van der Waals surface area contributed by atoms with E-state index in [1.807, 2.05) is 26.8 Å². The number of halogens is 3. The van der Waals surface area contributed by atoms with Crippen molar-refractivity contribution in [1.82, 2.24) is 5.32 Å². The molecule has 0 heterocycles. The number of hydrogen-bond donors (Lipinski definition) is 1. The fraction of sp³-hybridized carbons (Fsp3) is 0.267. The molecule has 0 spiro atoms. The summed E-state index contributed by atoms with van der Waals surface area (Å²) in [7, 11) is 0. The van der Waals surface area contributed by atoms with Gasteiger partial charge in [-0.2, -0.15) is 0 Å². The number of nitrogens with zero attached hydrogens (tertiary/aromatic N) is 1. The van der Waals surface area contributed by atoms with Crippen LogP contribution in [0.15, 0.2) is 46.7 Å². The average molecular weight is 332 g/mol. The van der Waals surface area contributed by atoms with Crippen molar-refractivity contribution in [3.63, 3.8) is 0 Å². The maximum atomic E-state index is 6.20. The smallest absolute Gasteiger partial charge is 0.145 e. The van der Waals surface area contributed by atoms with Gasteiger partial charge in [-0.15, -0.1) is 0 Å². The molecular formula is C15H17Cl3N2. The Bertz CT molecular complexity index is 558. The maximum absolute atomic E-state index is 6.20. The summed E-state index contributed by atoms with van der Waals surface area (Å²) in [5, 5.41) is 4.90. The molecule has 0 aliphatic carbocycles. The second-order valence-corrected chi connectivity index (χ2v) is 5.74. The highest BCUT2D eigenvalue weighted by molar-refractivity contribution is 6.35. The highest BCUT2D eigenvalue weighted by Crippen LogP contribution is 2.27. The van der Waals surface area contributed by atoms with Gasteiger partial charge in [0, 0.05) is 15.8 Å². The Morgan fingerprint density at radius 1 is 1.35 bits per heavy atom. The molecule has 1 unspecified atom stereocenters. The second kappa shape index (κ2) is 7.72. The molecule has 108 valence electrons. The van der Waals surface area contributed by atoms with Crippen LogP contribution >= 0.6 is 34.8 Å². The quantitative estimate of drug-likeness (QED) is 0.541. The third kappa shape index (κ3) is 4.86. The summed E-state index contributed by atoms with van der Waals surface area (Å²) in [6, 6.07) is 5.33. The minimum absolute atomic E-state index is 0.0634. The topological polar surface area (TPSA) is 24.4 Å². The summed E-state index contributed by atoms with van der Waals surface area (Å²) in [6.45, 7) is 9.43. The molecule has 0 saturated heterocycles. The molecular weight excluding hydrogens is 315 g/mol. The number of aliphatic imine (C=N–C) groups is 1. The first-order valence-electron chi connectivity index (χ1n) is 6.10. The van der Waals surface area contributed by atoms with Crippen LogP contribution in [0.1, 0.15) is 32.4 Å². The number of benzene rings is 1. The van der Waals surface area contributed by atoms with Crippen LogP contribution in [0.5, 0.6) is 0 Å². The molecule has 1 aromatic carbocycles. The second-order valence-electron chi connectivity index (χ2n) is 4.49. The molecule has 0 amide bonds. The Hall–Kier alpha value is -0.960. The van der Waals surface area contributed by atoms with Crippen LogP contribution in [-0.4, -0.2) is 5.71 Å². The molecule has 1 rings (SSSR count). The van der Waals surface area contributed by atoms with Crippen LogP contribution in [0.3, 0.4) is 0 Å². The minimum Gasteiger partial charge on any atom is -0.362 e. The molecule has 0 aliphatic heterocycles. The van der Waals surface area contributed by atoms with Gasteiger partial charge in [0.25, 0.3) is 0 Å². The molecule has 0 bridgehead atoms. The van der Waals surface area contributed by atoms with E-state index in [0.29, 0.717) is 20.9 Å². The maximum Gasteiger partial charge on any atom is 0.145 e. The van der Waals surface area contributed by atoms with Crippen LogP contribution in [0.4, 0.5) is 0 Å². The van der Waals surface area contributed by atoms with Gasteiger partial charge in [0.2, 0.25) is 0 Å². The summed E-state index contributed by atoms with van der Waals surface area (Å²) < 4.78 is 0. The normalized spacial score (nSPS) is 13.3. The lowest BCUT2D eigenvalue weighted by atomic mass is 10.1. The van der Waals surface area contributed by atoms with Crippen LogP contribution in [0.2, 0.25) is 10.0 Å².